The van der Waals surface area contributed by atoms with Crippen LogP contribution < -0.4 is 0 Å². The fourth-order valence-corrected chi connectivity index (χ4v) is 2.37. The van der Waals surface area contributed by atoms with Crippen LogP contribution >= 0.6 is 22.6 Å². The number of hydrogen-bond donors (Lipinski definition) is 0. The average Bonchev–Trinajstić information content (AvgIpc) is 1.98. The van der Waals surface area contributed by atoms with E-state index in [1.165, 1.54) is 12.8 Å². The first-order valence-corrected chi connectivity index (χ1v) is 4.60. The molecule has 1 aliphatic carbocycles. The summed E-state index contributed by atoms with van der Waals surface area (Å²) in [5.74, 6) is 1.95. The molecule has 1 fully saturated rings. The lowest BCUT2D eigenvalue weighted by Crippen LogP contribution is -2.06. The first-order chi connectivity index (χ1) is 3.72. The Kier molecular flexibility index (Phi) is 2.18. The van der Waals surface area contributed by atoms with Crippen LogP contribution in [-0.4, -0.2) is 3.92 Å². The summed E-state index contributed by atoms with van der Waals surface area (Å²) in [6.07, 6.45) is 2.90. The van der Waals surface area contributed by atoms with Gasteiger partial charge in [-0.3, -0.25) is 0 Å². The van der Waals surface area contributed by atoms with Gasteiger partial charge in [0.05, 0.1) is 0 Å². The Morgan fingerprint density at radius 3 is 2.00 bits per heavy atom. The van der Waals surface area contributed by atoms with Gasteiger partial charge in [0.25, 0.3) is 0 Å². The van der Waals surface area contributed by atoms with E-state index in [9.17, 15) is 0 Å². The molecule has 0 saturated heterocycles. The van der Waals surface area contributed by atoms with Gasteiger partial charge >= 0.3 is 0 Å². The maximum atomic E-state index is 2.57. The molecule has 1 saturated carbocycles. The topological polar surface area (TPSA) is 0 Å². The second kappa shape index (κ2) is 2.54. The Hall–Kier alpha value is 0.730. The Morgan fingerprint density at radius 1 is 1.25 bits per heavy atom. The zero-order valence-corrected chi connectivity index (χ0v) is 7.68. The Labute approximate surface area is 65.2 Å². The minimum absolute atomic E-state index is 0.961. The summed E-state index contributed by atoms with van der Waals surface area (Å²) >= 11 is 2.57. The molecular weight excluding hydrogens is 211 g/mol. The van der Waals surface area contributed by atoms with E-state index in [0.29, 0.717) is 0 Å². The summed E-state index contributed by atoms with van der Waals surface area (Å²) < 4.78 is 0.961. The van der Waals surface area contributed by atoms with Gasteiger partial charge in [0.2, 0.25) is 0 Å². The summed E-state index contributed by atoms with van der Waals surface area (Å²) in [7, 11) is 0. The number of hydrogen-bond acceptors (Lipinski definition) is 0. The van der Waals surface area contributed by atoms with Crippen molar-refractivity contribution >= 4 is 22.6 Å². The van der Waals surface area contributed by atoms with Crippen molar-refractivity contribution in [2.24, 2.45) is 11.8 Å². The monoisotopic (exact) mass is 224 g/mol. The molecule has 8 heavy (non-hydrogen) atoms. The standard InChI is InChI=1S/C7H13I/c1-5-3-4-7(8)6(5)2/h5-7H,3-4H2,1-2H3/t5-,6-,7-/m1/s1. The smallest absolute Gasteiger partial charge is 0.0138 e. The molecule has 0 aromatic heterocycles. The molecule has 0 radical (unpaired) electrons. The van der Waals surface area contributed by atoms with Crippen LogP contribution in [0.2, 0.25) is 0 Å². The maximum absolute atomic E-state index is 2.57. The van der Waals surface area contributed by atoms with Crippen LogP contribution in [0.1, 0.15) is 26.7 Å². The quantitative estimate of drug-likeness (QED) is 0.438. The Bertz CT molecular complexity index is 70.5. The van der Waals surface area contributed by atoms with Crippen molar-refractivity contribution < 1.29 is 0 Å². The van der Waals surface area contributed by atoms with E-state index in [1.54, 1.807) is 0 Å². The molecule has 0 heterocycles. The lowest BCUT2D eigenvalue weighted by Gasteiger charge is -2.10. The second-order valence-corrected chi connectivity index (χ2v) is 4.53. The van der Waals surface area contributed by atoms with E-state index < -0.39 is 0 Å². The van der Waals surface area contributed by atoms with Gasteiger partial charge in [-0.05, 0) is 24.7 Å². The molecule has 3 atom stereocenters. The van der Waals surface area contributed by atoms with Gasteiger partial charge in [0.15, 0.2) is 0 Å². The van der Waals surface area contributed by atoms with Crippen LogP contribution in [0.3, 0.4) is 0 Å². The minimum atomic E-state index is 0.961. The van der Waals surface area contributed by atoms with Crippen molar-refractivity contribution in [2.45, 2.75) is 30.6 Å². The molecule has 0 nitrogen and oxygen atoms in total. The highest BCUT2D eigenvalue weighted by atomic mass is 127. The number of alkyl halides is 1. The fourth-order valence-electron chi connectivity index (χ4n) is 1.30. The van der Waals surface area contributed by atoms with E-state index in [4.69, 9.17) is 0 Å². The summed E-state index contributed by atoms with van der Waals surface area (Å²) in [5.41, 5.74) is 0. The molecule has 1 heteroatoms. The molecule has 0 amide bonds. The lowest BCUT2D eigenvalue weighted by atomic mass is 10.0. The highest BCUT2D eigenvalue weighted by Gasteiger charge is 2.26. The van der Waals surface area contributed by atoms with Crippen molar-refractivity contribution in [3.8, 4) is 0 Å². The second-order valence-electron chi connectivity index (χ2n) is 2.93. The largest absolute Gasteiger partial charge is 0.0823 e. The van der Waals surface area contributed by atoms with Gasteiger partial charge in [0, 0.05) is 3.92 Å². The highest BCUT2D eigenvalue weighted by molar-refractivity contribution is 14.1. The summed E-state index contributed by atoms with van der Waals surface area (Å²) in [5, 5.41) is 0. The predicted octanol–water partition coefficient (Wildman–Crippen LogP) is 2.86. The summed E-state index contributed by atoms with van der Waals surface area (Å²) in [4.78, 5) is 0. The normalized spacial score (nSPS) is 47.6. The van der Waals surface area contributed by atoms with Gasteiger partial charge in [-0.25, -0.2) is 0 Å². The van der Waals surface area contributed by atoms with Gasteiger partial charge in [-0.15, -0.1) is 0 Å². The van der Waals surface area contributed by atoms with E-state index in [-0.39, 0.29) is 0 Å². The molecule has 1 aliphatic rings. The van der Waals surface area contributed by atoms with E-state index in [1.807, 2.05) is 0 Å². The molecule has 48 valence electrons. The molecule has 0 aromatic rings. The minimum Gasteiger partial charge on any atom is -0.0823 e. The first-order valence-electron chi connectivity index (χ1n) is 3.36. The SMILES string of the molecule is C[C@@H]1[C@H](C)CC[C@H]1I. The molecule has 0 spiro atoms. The zero-order valence-electron chi connectivity index (χ0n) is 5.52. The van der Waals surface area contributed by atoms with Crippen molar-refractivity contribution in [3.05, 3.63) is 0 Å². The summed E-state index contributed by atoms with van der Waals surface area (Å²) in [6.45, 7) is 4.73. The molecule has 0 unspecified atom stereocenters. The average molecular weight is 224 g/mol. The predicted molar refractivity (Wildman–Crippen MR) is 45.4 cm³/mol. The molecule has 1 rings (SSSR count). The zero-order chi connectivity index (χ0) is 6.15. The van der Waals surface area contributed by atoms with Crippen LogP contribution in [0.15, 0.2) is 0 Å². The van der Waals surface area contributed by atoms with Crippen molar-refractivity contribution in [1.29, 1.82) is 0 Å². The number of halogens is 1. The molecule has 0 aliphatic heterocycles. The van der Waals surface area contributed by atoms with E-state index >= 15 is 0 Å². The van der Waals surface area contributed by atoms with Crippen LogP contribution in [0.5, 0.6) is 0 Å². The lowest BCUT2D eigenvalue weighted by molar-refractivity contribution is 0.468. The number of rotatable bonds is 0. The molecule has 0 aromatic carbocycles. The van der Waals surface area contributed by atoms with E-state index in [0.717, 1.165) is 15.8 Å². The van der Waals surface area contributed by atoms with E-state index in [2.05, 4.69) is 36.4 Å². The van der Waals surface area contributed by atoms with Crippen molar-refractivity contribution in [2.75, 3.05) is 0 Å². The van der Waals surface area contributed by atoms with Crippen molar-refractivity contribution in [1.82, 2.24) is 0 Å². The maximum Gasteiger partial charge on any atom is 0.0138 e. The molecule has 0 bridgehead atoms. The molecule has 0 N–H and O–H groups in total. The highest BCUT2D eigenvalue weighted by Crippen LogP contribution is 2.35. The Balaban J connectivity index is 2.44. The van der Waals surface area contributed by atoms with Crippen LogP contribution in [-0.2, 0) is 0 Å². The van der Waals surface area contributed by atoms with Crippen LogP contribution in [0.4, 0.5) is 0 Å². The third-order valence-corrected chi connectivity index (χ3v) is 4.12. The summed E-state index contributed by atoms with van der Waals surface area (Å²) in [6, 6.07) is 0. The van der Waals surface area contributed by atoms with Crippen LogP contribution in [0.25, 0.3) is 0 Å². The molecular formula is C7H13I. The van der Waals surface area contributed by atoms with Gasteiger partial charge in [-0.1, -0.05) is 36.4 Å². The third-order valence-electron chi connectivity index (χ3n) is 2.37. The van der Waals surface area contributed by atoms with Crippen LogP contribution in [0, 0.1) is 11.8 Å². The Morgan fingerprint density at radius 2 is 1.88 bits per heavy atom. The first kappa shape index (κ1) is 6.84. The third kappa shape index (κ3) is 1.17. The van der Waals surface area contributed by atoms with Gasteiger partial charge < -0.3 is 0 Å². The van der Waals surface area contributed by atoms with Crippen molar-refractivity contribution in [3.63, 3.8) is 0 Å². The van der Waals surface area contributed by atoms with Gasteiger partial charge in [0.1, 0.15) is 0 Å². The fraction of sp³-hybridized carbons (Fsp3) is 1.00. The van der Waals surface area contributed by atoms with Gasteiger partial charge in [-0.2, -0.15) is 0 Å².